The Bertz CT molecular complexity index is 905. The van der Waals surface area contributed by atoms with Crippen LogP contribution >= 0.6 is 0 Å². The molecule has 0 fully saturated rings. The molecule has 0 aliphatic heterocycles. The van der Waals surface area contributed by atoms with E-state index in [1.165, 1.54) is 16.3 Å². The molecule has 0 saturated carbocycles. The molecule has 0 aromatic heterocycles. The standard InChI is InChI=1S/C20H24N2O3S/c1-21-20(23)17-9-7-15(8-10-17)14-22(2)26(24,25)19-12-11-16-5-3-4-6-18(16)13-19/h7-13H,3-6,14H2,1-2H3,(H,21,23). The topological polar surface area (TPSA) is 66.5 Å². The van der Waals surface area contributed by atoms with Crippen molar-refractivity contribution in [3.8, 4) is 0 Å². The normalized spacial score (nSPS) is 14.1. The van der Waals surface area contributed by atoms with Crippen LogP contribution in [0.25, 0.3) is 0 Å². The first-order valence-electron chi connectivity index (χ1n) is 8.81. The monoisotopic (exact) mass is 372 g/mol. The third-order valence-corrected chi connectivity index (χ3v) is 6.68. The van der Waals surface area contributed by atoms with Gasteiger partial charge in [-0.3, -0.25) is 4.79 Å². The summed E-state index contributed by atoms with van der Waals surface area (Å²) in [5, 5.41) is 2.57. The Morgan fingerprint density at radius 3 is 2.35 bits per heavy atom. The van der Waals surface area contributed by atoms with Gasteiger partial charge < -0.3 is 5.32 Å². The number of aryl methyl sites for hydroxylation is 2. The number of carbonyl (C=O) groups is 1. The molecule has 1 amide bonds. The lowest BCUT2D eigenvalue weighted by Gasteiger charge is -2.20. The molecule has 6 heteroatoms. The second-order valence-corrected chi connectivity index (χ2v) is 8.72. The van der Waals surface area contributed by atoms with E-state index in [9.17, 15) is 13.2 Å². The third kappa shape index (κ3) is 3.81. The van der Waals surface area contributed by atoms with E-state index < -0.39 is 10.0 Å². The summed E-state index contributed by atoms with van der Waals surface area (Å²) in [6.45, 7) is 0.257. The number of nitrogens with one attached hydrogen (secondary N) is 1. The van der Waals surface area contributed by atoms with E-state index in [-0.39, 0.29) is 12.5 Å². The lowest BCUT2D eigenvalue weighted by molar-refractivity contribution is 0.0963. The van der Waals surface area contributed by atoms with Crippen LogP contribution in [0.1, 0.15) is 39.9 Å². The zero-order valence-electron chi connectivity index (χ0n) is 15.2. The molecule has 3 rings (SSSR count). The molecule has 1 aliphatic rings. The smallest absolute Gasteiger partial charge is 0.251 e. The van der Waals surface area contributed by atoms with Crippen LogP contribution in [-0.2, 0) is 29.4 Å². The van der Waals surface area contributed by atoms with E-state index in [1.807, 2.05) is 12.1 Å². The third-order valence-electron chi connectivity index (χ3n) is 4.88. The van der Waals surface area contributed by atoms with Gasteiger partial charge in [0.15, 0.2) is 0 Å². The predicted molar refractivity (Wildman–Crippen MR) is 102 cm³/mol. The molecular formula is C20H24N2O3S. The molecular weight excluding hydrogens is 348 g/mol. The summed E-state index contributed by atoms with van der Waals surface area (Å²) in [5.41, 5.74) is 3.81. The van der Waals surface area contributed by atoms with Crippen molar-refractivity contribution in [2.24, 2.45) is 0 Å². The average Bonchev–Trinajstić information content (AvgIpc) is 2.67. The van der Waals surface area contributed by atoms with Gasteiger partial charge in [-0.05, 0) is 66.6 Å². The molecule has 2 aromatic carbocycles. The highest BCUT2D eigenvalue weighted by Crippen LogP contribution is 2.26. The quantitative estimate of drug-likeness (QED) is 0.878. The second-order valence-electron chi connectivity index (χ2n) is 6.67. The van der Waals surface area contributed by atoms with Crippen LogP contribution in [0.5, 0.6) is 0 Å². The number of fused-ring (bicyclic) bond motifs is 1. The molecule has 5 nitrogen and oxygen atoms in total. The maximum absolute atomic E-state index is 12.9. The van der Waals surface area contributed by atoms with Gasteiger partial charge in [0.1, 0.15) is 0 Å². The van der Waals surface area contributed by atoms with Crippen molar-refractivity contribution in [1.29, 1.82) is 0 Å². The molecule has 1 aliphatic carbocycles. The highest BCUT2D eigenvalue weighted by molar-refractivity contribution is 7.89. The van der Waals surface area contributed by atoms with Crippen LogP contribution in [0, 0.1) is 0 Å². The molecule has 138 valence electrons. The molecule has 26 heavy (non-hydrogen) atoms. The molecule has 0 atom stereocenters. The van der Waals surface area contributed by atoms with Crippen molar-refractivity contribution in [2.75, 3.05) is 14.1 Å². The van der Waals surface area contributed by atoms with Crippen LogP contribution in [0.4, 0.5) is 0 Å². The van der Waals surface area contributed by atoms with Crippen molar-refractivity contribution < 1.29 is 13.2 Å². The fraction of sp³-hybridized carbons (Fsp3) is 0.350. The first-order chi connectivity index (χ1) is 12.4. The highest BCUT2D eigenvalue weighted by atomic mass is 32.2. The number of benzene rings is 2. The van der Waals surface area contributed by atoms with Crippen LogP contribution in [0.15, 0.2) is 47.4 Å². The number of amides is 1. The summed E-state index contributed by atoms with van der Waals surface area (Å²) in [6, 6.07) is 12.5. The Labute approximate surface area is 155 Å². The maximum Gasteiger partial charge on any atom is 0.251 e. The van der Waals surface area contributed by atoms with Gasteiger partial charge in [-0.25, -0.2) is 8.42 Å². The number of hydrogen-bond acceptors (Lipinski definition) is 3. The number of rotatable bonds is 5. The molecule has 0 unspecified atom stereocenters. The van der Waals surface area contributed by atoms with Crippen molar-refractivity contribution >= 4 is 15.9 Å². The average molecular weight is 372 g/mol. The van der Waals surface area contributed by atoms with Gasteiger partial charge in [-0.2, -0.15) is 4.31 Å². The van der Waals surface area contributed by atoms with Crippen LogP contribution in [0.3, 0.4) is 0 Å². The Kier molecular flexibility index (Phi) is 5.44. The fourth-order valence-electron chi connectivity index (χ4n) is 3.30. The zero-order chi connectivity index (χ0) is 18.7. The van der Waals surface area contributed by atoms with Gasteiger partial charge in [0.25, 0.3) is 5.91 Å². The molecule has 0 bridgehead atoms. The number of sulfonamides is 1. The largest absolute Gasteiger partial charge is 0.355 e. The van der Waals surface area contributed by atoms with Crippen molar-refractivity contribution in [3.05, 3.63) is 64.7 Å². The molecule has 0 spiro atoms. The molecule has 1 N–H and O–H groups in total. The van der Waals surface area contributed by atoms with E-state index in [0.717, 1.165) is 30.4 Å². The number of hydrogen-bond donors (Lipinski definition) is 1. The van der Waals surface area contributed by atoms with E-state index in [2.05, 4.69) is 5.32 Å². The SMILES string of the molecule is CNC(=O)c1ccc(CN(C)S(=O)(=O)c2ccc3c(c2)CCCC3)cc1. The minimum atomic E-state index is -3.55. The van der Waals surface area contributed by atoms with Gasteiger partial charge in [0.05, 0.1) is 4.90 Å². The second kappa shape index (κ2) is 7.60. The van der Waals surface area contributed by atoms with Gasteiger partial charge in [0, 0.05) is 26.2 Å². The Balaban J connectivity index is 1.78. The summed E-state index contributed by atoms with van der Waals surface area (Å²) >= 11 is 0. The number of nitrogens with zero attached hydrogens (tertiary/aromatic N) is 1. The minimum Gasteiger partial charge on any atom is -0.355 e. The summed E-state index contributed by atoms with van der Waals surface area (Å²) in [7, 11) is -0.384. The maximum atomic E-state index is 12.9. The van der Waals surface area contributed by atoms with Gasteiger partial charge in [0.2, 0.25) is 10.0 Å². The van der Waals surface area contributed by atoms with Crippen LogP contribution in [-0.4, -0.2) is 32.7 Å². The van der Waals surface area contributed by atoms with Crippen LogP contribution < -0.4 is 5.32 Å². The molecule has 2 aromatic rings. The van der Waals surface area contributed by atoms with E-state index in [0.29, 0.717) is 10.5 Å². The lowest BCUT2D eigenvalue weighted by Crippen LogP contribution is -2.27. The summed E-state index contributed by atoms with van der Waals surface area (Å²) < 4.78 is 27.2. The van der Waals surface area contributed by atoms with Crippen LogP contribution in [0.2, 0.25) is 0 Å². The Hall–Kier alpha value is -2.18. The predicted octanol–water partition coefficient (Wildman–Crippen LogP) is 2.75. The van der Waals surface area contributed by atoms with E-state index >= 15 is 0 Å². The molecule has 0 saturated heterocycles. The van der Waals surface area contributed by atoms with Gasteiger partial charge >= 0.3 is 0 Å². The minimum absolute atomic E-state index is 0.161. The highest BCUT2D eigenvalue weighted by Gasteiger charge is 2.22. The van der Waals surface area contributed by atoms with E-state index in [4.69, 9.17) is 0 Å². The molecule has 0 heterocycles. The first kappa shape index (κ1) is 18.6. The summed E-state index contributed by atoms with van der Waals surface area (Å²) in [6.07, 6.45) is 4.27. The molecule has 0 radical (unpaired) electrons. The zero-order valence-corrected chi connectivity index (χ0v) is 16.0. The first-order valence-corrected chi connectivity index (χ1v) is 10.2. The summed E-state index contributed by atoms with van der Waals surface area (Å²) in [4.78, 5) is 11.9. The van der Waals surface area contributed by atoms with Crippen molar-refractivity contribution in [2.45, 2.75) is 37.1 Å². The summed E-state index contributed by atoms with van der Waals surface area (Å²) in [5.74, 6) is -0.161. The van der Waals surface area contributed by atoms with Crippen molar-refractivity contribution in [3.63, 3.8) is 0 Å². The van der Waals surface area contributed by atoms with Gasteiger partial charge in [-0.15, -0.1) is 0 Å². The number of carbonyl (C=O) groups excluding carboxylic acids is 1. The Morgan fingerprint density at radius 2 is 1.69 bits per heavy atom. The van der Waals surface area contributed by atoms with E-state index in [1.54, 1.807) is 44.4 Å². The Morgan fingerprint density at radius 1 is 1.04 bits per heavy atom. The lowest BCUT2D eigenvalue weighted by atomic mass is 9.92. The fourth-order valence-corrected chi connectivity index (χ4v) is 4.51. The van der Waals surface area contributed by atoms with Crippen molar-refractivity contribution in [1.82, 2.24) is 9.62 Å². The van der Waals surface area contributed by atoms with Gasteiger partial charge in [-0.1, -0.05) is 18.2 Å².